The van der Waals surface area contributed by atoms with Gasteiger partial charge in [-0.1, -0.05) is 323 Å². The maximum atomic E-state index is 2.44. The summed E-state index contributed by atoms with van der Waals surface area (Å²) in [5, 5.41) is 7.69. The van der Waals surface area contributed by atoms with Crippen LogP contribution in [0.5, 0.6) is 0 Å². The lowest BCUT2D eigenvalue weighted by Crippen LogP contribution is -2.28. The number of aromatic nitrogens is 3. The summed E-state index contributed by atoms with van der Waals surface area (Å²) in [4.78, 5) is 6.91. The SMILES string of the molecule is CN(c1ccc(-n2c3ccccc3c3ccccc32)cc1)c1ccc2c(c1)C(C)(C)c1ccccc1-2.CN(c1ccc(-n2c3ccccc3c3ccccc32)cc1)c1ccc2c(c1)C(c1ccccc1)(c1ccccc1)c1ccccc1-2.CN(c1ccc(-n2c3ccccc3c3ccccc32)cc1)c1ccc2c(c1)C1(c3ccccc3-c3ccccc31)c1ccccc1-2. The first-order valence-electron chi connectivity index (χ1n) is 44.5. The van der Waals surface area contributed by atoms with E-state index in [1.165, 1.54) is 188 Å². The van der Waals surface area contributed by atoms with Crippen LogP contribution in [0, 0.1) is 0 Å². The Morgan fingerprint density at radius 2 is 0.383 bits per heavy atom. The Hall–Kier alpha value is -16.0. The highest BCUT2D eigenvalue weighted by atomic mass is 15.1. The van der Waals surface area contributed by atoms with E-state index in [-0.39, 0.29) is 10.8 Å². The van der Waals surface area contributed by atoms with E-state index < -0.39 is 5.41 Å². The van der Waals surface area contributed by atoms with Crippen molar-refractivity contribution in [2.24, 2.45) is 0 Å². The van der Waals surface area contributed by atoms with E-state index in [0.717, 1.165) is 28.4 Å². The van der Waals surface area contributed by atoms with Crippen LogP contribution in [0.1, 0.15) is 69.5 Å². The van der Waals surface area contributed by atoms with Crippen LogP contribution in [0.15, 0.2) is 455 Å². The van der Waals surface area contributed by atoms with Crippen LogP contribution in [0.25, 0.3) is 127 Å². The molecule has 6 nitrogen and oxygen atoms in total. The fraction of sp³-hybridized carbons (Fsp3) is 0.0656. The van der Waals surface area contributed by atoms with Gasteiger partial charge < -0.3 is 28.4 Å². The van der Waals surface area contributed by atoms with Gasteiger partial charge in [0.2, 0.25) is 0 Å². The lowest BCUT2D eigenvalue weighted by molar-refractivity contribution is 0.660. The molecule has 1 spiro atoms. The molecule has 0 amide bonds. The summed E-state index contributed by atoms with van der Waals surface area (Å²) in [6.07, 6.45) is 0. The van der Waals surface area contributed by atoms with Gasteiger partial charge >= 0.3 is 0 Å². The Labute approximate surface area is 746 Å². The number of anilines is 6. The second kappa shape index (κ2) is 29.9. The predicted octanol–water partition coefficient (Wildman–Crippen LogP) is 30.7. The smallest absolute Gasteiger partial charge is 0.0726 e. The van der Waals surface area contributed by atoms with Crippen molar-refractivity contribution in [3.05, 3.63) is 511 Å². The lowest BCUT2D eigenvalue weighted by Gasteiger charge is -2.34. The molecule has 6 heteroatoms. The topological polar surface area (TPSA) is 24.5 Å². The van der Waals surface area contributed by atoms with E-state index in [1.54, 1.807) is 0 Å². The molecule has 4 aliphatic rings. The van der Waals surface area contributed by atoms with E-state index in [4.69, 9.17) is 0 Å². The highest BCUT2D eigenvalue weighted by Crippen LogP contribution is 2.64. The van der Waals surface area contributed by atoms with Gasteiger partial charge in [-0.25, -0.2) is 0 Å². The monoisotopic (exact) mass is 1640 g/mol. The fourth-order valence-corrected chi connectivity index (χ4v) is 22.4. The predicted molar refractivity (Wildman–Crippen MR) is 537 cm³/mol. The highest BCUT2D eigenvalue weighted by Gasteiger charge is 2.52. The van der Waals surface area contributed by atoms with Gasteiger partial charge in [-0.2, -0.15) is 0 Å². The standard InChI is InChI=1S/C44H30N2.C44H32N2.C34H28N2/c1-45(29-22-24-30(25-23-29)46-42-20-10-5-15-36(42)37-16-6-11-21-43(37)46)31-26-27-35-34-14-4-9-19-40(34)44(41(35)28-31)38-17-7-2-12-32(38)33-13-3-8-18-39(33)44;1-45(33-24-26-34(27-25-33)46-42-22-12-9-19-38(42)39-20-10-13-23-43(39)46)35-28-29-37-36-18-8-11-21-40(36)44(41(37)30-35,31-14-4-2-5-15-31)32-16-6-3-7-17-32;1-34(2)30-13-7-4-10-26(30)27-21-20-25(22-31(27)34)35(3)23-16-18-24(19-17-23)36-32-14-8-5-11-28(32)29-12-6-9-15-33(29)36/h2-28H,1H3;2-30H,1H3;4-22H,1-3H3. The maximum Gasteiger partial charge on any atom is 0.0726 e. The number of benzene rings is 19. The molecule has 0 aliphatic heterocycles. The number of fused-ring (bicyclic) bond motifs is 25. The van der Waals surface area contributed by atoms with Crippen molar-refractivity contribution in [1.29, 1.82) is 0 Å². The Balaban J connectivity index is 0.000000108. The van der Waals surface area contributed by atoms with Crippen LogP contribution in [-0.2, 0) is 16.2 Å². The van der Waals surface area contributed by atoms with Crippen molar-refractivity contribution in [2.45, 2.75) is 30.1 Å². The van der Waals surface area contributed by atoms with Crippen molar-refractivity contribution in [1.82, 2.24) is 13.7 Å². The molecular formula is C122H90N6. The van der Waals surface area contributed by atoms with Crippen LogP contribution in [0.2, 0.25) is 0 Å². The second-order valence-electron chi connectivity index (χ2n) is 35.1. The summed E-state index contributed by atoms with van der Waals surface area (Å²) < 4.78 is 7.11. The van der Waals surface area contributed by atoms with E-state index in [1.807, 2.05) is 0 Å². The molecule has 22 aromatic rings. The van der Waals surface area contributed by atoms with Crippen molar-refractivity contribution in [2.75, 3.05) is 35.8 Å². The molecule has 26 rings (SSSR count). The highest BCUT2D eigenvalue weighted by molar-refractivity contribution is 6.12. The zero-order valence-electron chi connectivity index (χ0n) is 72.0. The Kier molecular flexibility index (Phi) is 17.7. The van der Waals surface area contributed by atoms with Crippen LogP contribution in [-0.4, -0.2) is 34.8 Å². The molecule has 0 atom stereocenters. The number of rotatable bonds is 11. The minimum absolute atomic E-state index is 0.00314. The van der Waals surface area contributed by atoms with E-state index in [0.29, 0.717) is 0 Å². The Morgan fingerprint density at radius 1 is 0.172 bits per heavy atom. The molecule has 4 aliphatic carbocycles. The second-order valence-corrected chi connectivity index (χ2v) is 35.1. The average molecular weight is 1640 g/mol. The number of para-hydroxylation sites is 6. The fourth-order valence-electron chi connectivity index (χ4n) is 22.4. The molecule has 19 aromatic carbocycles. The third kappa shape index (κ3) is 11.4. The molecule has 3 aromatic heterocycles. The maximum absolute atomic E-state index is 2.44. The molecule has 608 valence electrons. The summed E-state index contributed by atoms with van der Waals surface area (Å²) in [6, 6.07) is 167. The first-order chi connectivity index (χ1) is 63.0. The van der Waals surface area contributed by atoms with Gasteiger partial charge in [-0.05, 0) is 246 Å². The summed E-state index contributed by atoms with van der Waals surface area (Å²) in [7, 11) is 6.51. The molecule has 0 saturated heterocycles. The Bertz CT molecular complexity index is 7620. The molecular weight excluding hydrogens is 1550 g/mol. The van der Waals surface area contributed by atoms with Gasteiger partial charge in [-0.3, -0.25) is 0 Å². The third-order valence-electron chi connectivity index (χ3n) is 28.4. The average Bonchev–Trinajstić information content (AvgIpc) is 1.51. The summed E-state index contributed by atoms with van der Waals surface area (Å²) in [5.74, 6) is 0. The van der Waals surface area contributed by atoms with Gasteiger partial charge in [0.1, 0.15) is 0 Å². The van der Waals surface area contributed by atoms with Gasteiger partial charge in [0.05, 0.1) is 43.9 Å². The molecule has 0 saturated carbocycles. The minimum atomic E-state index is -0.411. The molecule has 0 N–H and O–H groups in total. The van der Waals surface area contributed by atoms with Crippen LogP contribution in [0.3, 0.4) is 0 Å². The van der Waals surface area contributed by atoms with Gasteiger partial charge in [0.25, 0.3) is 0 Å². The number of hydrogen-bond donors (Lipinski definition) is 0. The Morgan fingerprint density at radius 3 is 0.688 bits per heavy atom. The van der Waals surface area contributed by atoms with Crippen molar-refractivity contribution in [3.8, 4) is 61.6 Å². The van der Waals surface area contributed by atoms with E-state index >= 15 is 0 Å². The normalized spacial score (nSPS) is 13.4. The first-order valence-corrected chi connectivity index (χ1v) is 44.5. The quantitative estimate of drug-likeness (QED) is 0.129. The number of nitrogens with zero attached hydrogens (tertiary/aromatic N) is 6. The third-order valence-corrected chi connectivity index (χ3v) is 28.4. The molecule has 0 bridgehead atoms. The molecule has 0 radical (unpaired) electrons. The summed E-state index contributed by atoms with van der Waals surface area (Å²) in [6.45, 7) is 4.67. The van der Waals surface area contributed by atoms with Gasteiger partial charge in [-0.15, -0.1) is 0 Å². The van der Waals surface area contributed by atoms with Crippen molar-refractivity contribution >= 4 is 99.5 Å². The van der Waals surface area contributed by atoms with E-state index in [9.17, 15) is 0 Å². The number of hydrogen-bond acceptors (Lipinski definition) is 3. The zero-order valence-corrected chi connectivity index (χ0v) is 72.0. The van der Waals surface area contributed by atoms with Crippen molar-refractivity contribution < 1.29 is 0 Å². The summed E-state index contributed by atoms with van der Waals surface area (Å²) >= 11 is 0. The largest absolute Gasteiger partial charge is 0.345 e. The summed E-state index contributed by atoms with van der Waals surface area (Å²) in [5.41, 5.74) is 41.3. The molecule has 128 heavy (non-hydrogen) atoms. The lowest BCUT2D eigenvalue weighted by atomic mass is 9.67. The van der Waals surface area contributed by atoms with Gasteiger partial charge in [0.15, 0.2) is 0 Å². The molecule has 0 unspecified atom stereocenters. The van der Waals surface area contributed by atoms with Crippen molar-refractivity contribution in [3.63, 3.8) is 0 Å². The minimum Gasteiger partial charge on any atom is -0.345 e. The molecule has 0 fully saturated rings. The first kappa shape index (κ1) is 75.7. The molecule has 3 heterocycles. The van der Waals surface area contributed by atoms with Crippen LogP contribution < -0.4 is 14.7 Å². The van der Waals surface area contributed by atoms with Crippen LogP contribution in [0.4, 0.5) is 34.1 Å². The zero-order chi connectivity index (χ0) is 85.5. The van der Waals surface area contributed by atoms with E-state index in [2.05, 4.69) is 518 Å². The van der Waals surface area contributed by atoms with Crippen LogP contribution >= 0.6 is 0 Å². The van der Waals surface area contributed by atoms with Gasteiger partial charge in [0, 0.05) is 110 Å².